The van der Waals surface area contributed by atoms with Gasteiger partial charge in [-0.05, 0) is 24.3 Å². The summed E-state index contributed by atoms with van der Waals surface area (Å²) in [6.07, 6.45) is -5.81. The molecule has 0 saturated heterocycles. The maximum absolute atomic E-state index is 13.3. The zero-order valence-electron chi connectivity index (χ0n) is 16.9. The summed E-state index contributed by atoms with van der Waals surface area (Å²) in [6, 6.07) is 11.4. The molecule has 2 heterocycles. The van der Waals surface area contributed by atoms with Crippen LogP contribution in [0.15, 0.2) is 73.2 Å². The Morgan fingerprint density at radius 2 is 1.53 bits per heavy atom. The van der Waals surface area contributed by atoms with E-state index in [2.05, 4.69) is 20.4 Å². The van der Waals surface area contributed by atoms with E-state index in [1.54, 1.807) is 18.2 Å². The molecule has 0 atom stereocenters. The molecule has 6 nitrogen and oxygen atoms in total. The third-order valence-corrected chi connectivity index (χ3v) is 4.68. The Kier molecular flexibility index (Phi) is 5.82. The van der Waals surface area contributed by atoms with Crippen molar-refractivity contribution in [1.29, 1.82) is 0 Å². The summed E-state index contributed by atoms with van der Waals surface area (Å²) in [5, 5.41) is 5.87. The van der Waals surface area contributed by atoms with Crippen LogP contribution in [0.3, 0.4) is 0 Å². The van der Waals surface area contributed by atoms with Gasteiger partial charge in [-0.1, -0.05) is 30.3 Å². The van der Waals surface area contributed by atoms with Crippen LogP contribution >= 0.6 is 0 Å². The smallest absolute Gasteiger partial charge is 0.321 e. The van der Waals surface area contributed by atoms with Crippen molar-refractivity contribution in [3.05, 3.63) is 90.0 Å². The van der Waals surface area contributed by atoms with Crippen molar-refractivity contribution >= 4 is 11.6 Å². The molecule has 0 saturated carbocycles. The Bertz CT molecular complexity index is 1330. The lowest BCUT2D eigenvalue weighted by molar-refractivity contribution is -0.141. The first kappa shape index (κ1) is 23.0. The molecule has 0 unspecified atom stereocenters. The summed E-state index contributed by atoms with van der Waals surface area (Å²) in [7, 11) is 0. The number of rotatable bonds is 4. The van der Waals surface area contributed by atoms with E-state index < -0.39 is 35.1 Å². The first-order valence-corrected chi connectivity index (χ1v) is 9.56. The molecular formula is C22H13F6N5O. The van der Waals surface area contributed by atoms with Crippen LogP contribution in [0.2, 0.25) is 0 Å². The highest BCUT2D eigenvalue weighted by molar-refractivity contribution is 6.07. The second-order valence-corrected chi connectivity index (χ2v) is 6.95. The van der Waals surface area contributed by atoms with Gasteiger partial charge in [0.2, 0.25) is 0 Å². The number of para-hydroxylation sites is 1. The molecule has 0 radical (unpaired) electrons. The lowest BCUT2D eigenvalue weighted by Crippen LogP contribution is -2.19. The second kappa shape index (κ2) is 8.61. The van der Waals surface area contributed by atoms with Crippen molar-refractivity contribution < 1.29 is 31.1 Å². The number of amides is 1. The molecule has 4 rings (SSSR count). The molecule has 0 aliphatic carbocycles. The van der Waals surface area contributed by atoms with Gasteiger partial charge in [0.15, 0.2) is 11.5 Å². The van der Waals surface area contributed by atoms with Crippen LogP contribution in [0.1, 0.15) is 21.6 Å². The van der Waals surface area contributed by atoms with E-state index in [0.717, 1.165) is 29.1 Å². The molecule has 1 amide bonds. The minimum atomic E-state index is -4.72. The normalized spacial score (nSPS) is 11.9. The molecule has 0 aliphatic rings. The number of hydrogen-bond acceptors (Lipinski definition) is 4. The van der Waals surface area contributed by atoms with E-state index in [9.17, 15) is 31.1 Å². The Balaban J connectivity index is 1.61. The van der Waals surface area contributed by atoms with Crippen LogP contribution in [0.25, 0.3) is 17.1 Å². The summed E-state index contributed by atoms with van der Waals surface area (Å²) < 4.78 is 79.0. The predicted molar refractivity (Wildman–Crippen MR) is 109 cm³/mol. The molecule has 0 spiro atoms. The van der Waals surface area contributed by atoms with Crippen molar-refractivity contribution in [3.63, 3.8) is 0 Å². The fourth-order valence-electron chi connectivity index (χ4n) is 3.11. The quantitative estimate of drug-likeness (QED) is 0.388. The fourth-order valence-corrected chi connectivity index (χ4v) is 3.11. The maximum Gasteiger partial charge on any atom is 0.435 e. The van der Waals surface area contributed by atoms with Gasteiger partial charge in [-0.3, -0.25) is 9.78 Å². The highest BCUT2D eigenvalue weighted by Crippen LogP contribution is 2.33. The number of benzene rings is 2. The summed E-state index contributed by atoms with van der Waals surface area (Å²) in [6.45, 7) is 0. The number of nitrogens with zero attached hydrogens (tertiary/aromatic N) is 4. The monoisotopic (exact) mass is 477 g/mol. The molecule has 2 aromatic heterocycles. The third kappa shape index (κ3) is 4.75. The van der Waals surface area contributed by atoms with Crippen LogP contribution < -0.4 is 5.32 Å². The van der Waals surface area contributed by atoms with E-state index in [0.29, 0.717) is 5.56 Å². The van der Waals surface area contributed by atoms with Crippen molar-refractivity contribution in [2.75, 3.05) is 5.32 Å². The van der Waals surface area contributed by atoms with Crippen LogP contribution in [0.4, 0.5) is 32.0 Å². The SMILES string of the molecule is O=C(Nc1ccccc1-c1cnc(-n2ccc(C(F)(F)F)n2)cn1)c1ccccc1C(F)(F)F. The number of carbonyl (C=O) groups is 1. The predicted octanol–water partition coefficient (Wildman–Crippen LogP) is 5.62. The van der Waals surface area contributed by atoms with Gasteiger partial charge < -0.3 is 5.32 Å². The third-order valence-electron chi connectivity index (χ3n) is 4.68. The van der Waals surface area contributed by atoms with Gasteiger partial charge in [-0.2, -0.15) is 31.4 Å². The first-order chi connectivity index (χ1) is 16.0. The van der Waals surface area contributed by atoms with Gasteiger partial charge in [0.1, 0.15) is 0 Å². The van der Waals surface area contributed by atoms with Crippen molar-refractivity contribution in [3.8, 4) is 17.1 Å². The van der Waals surface area contributed by atoms with Gasteiger partial charge in [-0.25, -0.2) is 9.67 Å². The van der Waals surface area contributed by atoms with Crippen LogP contribution in [0, 0.1) is 0 Å². The number of carbonyl (C=O) groups excluding carboxylic acids is 1. The summed E-state index contributed by atoms with van der Waals surface area (Å²) in [5.74, 6) is -0.957. The topological polar surface area (TPSA) is 72.7 Å². The van der Waals surface area contributed by atoms with Gasteiger partial charge >= 0.3 is 12.4 Å². The van der Waals surface area contributed by atoms with Gasteiger partial charge in [-0.15, -0.1) is 0 Å². The molecule has 0 aliphatic heterocycles. The second-order valence-electron chi connectivity index (χ2n) is 6.95. The van der Waals surface area contributed by atoms with E-state index in [1.807, 2.05) is 0 Å². The number of alkyl halides is 6. The Labute approximate surface area is 187 Å². The molecule has 0 bridgehead atoms. The molecule has 34 heavy (non-hydrogen) atoms. The summed E-state index contributed by atoms with van der Waals surface area (Å²) in [4.78, 5) is 20.9. The van der Waals surface area contributed by atoms with E-state index in [-0.39, 0.29) is 17.2 Å². The summed E-state index contributed by atoms with van der Waals surface area (Å²) >= 11 is 0. The highest BCUT2D eigenvalue weighted by atomic mass is 19.4. The van der Waals surface area contributed by atoms with Crippen LogP contribution in [-0.4, -0.2) is 25.7 Å². The molecule has 12 heteroatoms. The van der Waals surface area contributed by atoms with Gasteiger partial charge in [0.05, 0.1) is 34.9 Å². The lowest BCUT2D eigenvalue weighted by Gasteiger charge is -2.14. The zero-order valence-corrected chi connectivity index (χ0v) is 16.9. The van der Waals surface area contributed by atoms with Crippen molar-refractivity contribution in [2.45, 2.75) is 12.4 Å². The summed E-state index contributed by atoms with van der Waals surface area (Å²) in [5.41, 5.74) is -1.98. The van der Waals surface area contributed by atoms with E-state index in [4.69, 9.17) is 0 Å². The average Bonchev–Trinajstić information content (AvgIpc) is 3.30. The first-order valence-electron chi connectivity index (χ1n) is 9.56. The van der Waals surface area contributed by atoms with Crippen molar-refractivity contribution in [2.24, 2.45) is 0 Å². The van der Waals surface area contributed by atoms with Crippen LogP contribution in [-0.2, 0) is 12.4 Å². The van der Waals surface area contributed by atoms with E-state index >= 15 is 0 Å². The highest BCUT2D eigenvalue weighted by Gasteiger charge is 2.35. The Hall–Kier alpha value is -4.22. The molecule has 0 fully saturated rings. The Morgan fingerprint density at radius 3 is 2.18 bits per heavy atom. The zero-order chi connectivity index (χ0) is 24.5. The van der Waals surface area contributed by atoms with E-state index in [1.165, 1.54) is 30.6 Å². The average molecular weight is 477 g/mol. The minimum absolute atomic E-state index is 0.0138. The number of hydrogen-bond donors (Lipinski definition) is 1. The number of halogens is 6. The molecule has 4 aromatic rings. The van der Waals surface area contributed by atoms with Crippen molar-refractivity contribution in [1.82, 2.24) is 19.7 Å². The molecule has 2 aromatic carbocycles. The Morgan fingerprint density at radius 1 is 0.824 bits per heavy atom. The molecule has 1 N–H and O–H groups in total. The lowest BCUT2D eigenvalue weighted by atomic mass is 10.1. The largest absolute Gasteiger partial charge is 0.435 e. The molecular weight excluding hydrogens is 464 g/mol. The number of aromatic nitrogens is 4. The fraction of sp³-hybridized carbons (Fsp3) is 0.0909. The standard InChI is InChI=1S/C22H13F6N5O/c23-21(24,25)15-7-3-1-5-13(15)20(34)31-16-8-4-2-6-14(16)17-11-30-19(12-29-17)33-10-9-18(32-33)22(26,27)28/h1-12H,(H,31,34). The maximum atomic E-state index is 13.3. The van der Waals surface area contributed by atoms with Gasteiger partial charge in [0.25, 0.3) is 5.91 Å². The number of nitrogens with one attached hydrogen (secondary N) is 1. The molecule has 174 valence electrons. The minimum Gasteiger partial charge on any atom is -0.321 e. The van der Waals surface area contributed by atoms with Gasteiger partial charge in [0, 0.05) is 11.8 Å². The number of anilines is 1. The van der Waals surface area contributed by atoms with Crippen LogP contribution in [0.5, 0.6) is 0 Å².